The highest BCUT2D eigenvalue weighted by Crippen LogP contribution is 2.11. The third-order valence-electron chi connectivity index (χ3n) is 2.74. The van der Waals surface area contributed by atoms with Gasteiger partial charge >= 0.3 is 6.03 Å². The zero-order valence-corrected chi connectivity index (χ0v) is 11.2. The van der Waals surface area contributed by atoms with E-state index in [4.69, 9.17) is 0 Å². The SMILES string of the molecule is CC(=O)c1ccc(NC(=O)NC(C)c2ncn[nH]2)cc1. The molecule has 7 heteroatoms. The van der Waals surface area contributed by atoms with E-state index >= 15 is 0 Å². The Kier molecular flexibility index (Phi) is 4.09. The van der Waals surface area contributed by atoms with Gasteiger partial charge in [-0.15, -0.1) is 0 Å². The first-order valence-electron chi connectivity index (χ1n) is 6.10. The van der Waals surface area contributed by atoms with Crippen molar-refractivity contribution in [3.63, 3.8) is 0 Å². The van der Waals surface area contributed by atoms with E-state index in [9.17, 15) is 9.59 Å². The Balaban J connectivity index is 1.92. The fourth-order valence-electron chi connectivity index (χ4n) is 1.64. The number of ketones is 1. The van der Waals surface area contributed by atoms with Crippen LogP contribution in [0.15, 0.2) is 30.6 Å². The number of anilines is 1. The molecule has 1 aromatic carbocycles. The van der Waals surface area contributed by atoms with E-state index < -0.39 is 0 Å². The van der Waals surface area contributed by atoms with Crippen LogP contribution in [0, 0.1) is 0 Å². The summed E-state index contributed by atoms with van der Waals surface area (Å²) >= 11 is 0. The average Bonchev–Trinajstić information content (AvgIpc) is 2.93. The van der Waals surface area contributed by atoms with Crippen LogP contribution < -0.4 is 10.6 Å². The van der Waals surface area contributed by atoms with Crippen molar-refractivity contribution < 1.29 is 9.59 Å². The minimum atomic E-state index is -0.357. The Bertz CT molecular complexity index is 592. The van der Waals surface area contributed by atoms with Crippen molar-refractivity contribution in [2.45, 2.75) is 19.9 Å². The van der Waals surface area contributed by atoms with Crippen LogP contribution >= 0.6 is 0 Å². The normalized spacial score (nSPS) is 11.7. The molecule has 0 bridgehead atoms. The molecule has 0 radical (unpaired) electrons. The number of H-pyrrole nitrogens is 1. The van der Waals surface area contributed by atoms with Gasteiger partial charge in [-0.1, -0.05) is 0 Å². The first-order chi connectivity index (χ1) is 9.56. The summed E-state index contributed by atoms with van der Waals surface area (Å²) in [6, 6.07) is 6.04. The van der Waals surface area contributed by atoms with Crippen molar-refractivity contribution in [2.75, 3.05) is 5.32 Å². The van der Waals surface area contributed by atoms with Gasteiger partial charge in [0, 0.05) is 11.3 Å². The van der Waals surface area contributed by atoms with Crippen LogP contribution in [0.5, 0.6) is 0 Å². The maximum absolute atomic E-state index is 11.8. The number of nitrogens with one attached hydrogen (secondary N) is 3. The Morgan fingerprint density at radius 3 is 2.50 bits per heavy atom. The maximum atomic E-state index is 11.8. The lowest BCUT2D eigenvalue weighted by Crippen LogP contribution is -2.31. The number of hydrogen-bond acceptors (Lipinski definition) is 4. The second kappa shape index (κ2) is 5.96. The first kappa shape index (κ1) is 13.7. The van der Waals surface area contributed by atoms with Crippen LogP contribution in [-0.2, 0) is 0 Å². The molecular weight excluding hydrogens is 258 g/mol. The highest BCUT2D eigenvalue weighted by atomic mass is 16.2. The standard InChI is InChI=1S/C13H15N5O2/c1-8(12-14-7-15-18-12)16-13(20)17-11-5-3-10(4-6-11)9(2)19/h3-8H,1-2H3,(H,14,15,18)(H2,16,17,20). The van der Waals surface area contributed by atoms with E-state index in [2.05, 4.69) is 25.8 Å². The van der Waals surface area contributed by atoms with E-state index in [0.717, 1.165) is 0 Å². The fourth-order valence-corrected chi connectivity index (χ4v) is 1.64. The smallest absolute Gasteiger partial charge is 0.319 e. The van der Waals surface area contributed by atoms with E-state index in [1.807, 2.05) is 0 Å². The third-order valence-corrected chi connectivity index (χ3v) is 2.74. The number of hydrogen-bond donors (Lipinski definition) is 3. The van der Waals surface area contributed by atoms with Gasteiger partial charge in [-0.2, -0.15) is 5.10 Å². The van der Waals surface area contributed by atoms with Crippen molar-refractivity contribution in [2.24, 2.45) is 0 Å². The first-order valence-corrected chi connectivity index (χ1v) is 6.10. The maximum Gasteiger partial charge on any atom is 0.319 e. The molecule has 104 valence electrons. The second-order valence-corrected chi connectivity index (χ2v) is 4.32. The predicted molar refractivity (Wildman–Crippen MR) is 73.4 cm³/mol. The summed E-state index contributed by atoms with van der Waals surface area (Å²) in [5.74, 6) is 0.562. The van der Waals surface area contributed by atoms with Gasteiger partial charge in [-0.25, -0.2) is 9.78 Å². The number of carbonyl (C=O) groups is 2. The monoisotopic (exact) mass is 273 g/mol. The number of rotatable bonds is 4. The number of carbonyl (C=O) groups excluding carboxylic acids is 2. The van der Waals surface area contributed by atoms with E-state index in [1.54, 1.807) is 31.2 Å². The number of benzene rings is 1. The minimum absolute atomic E-state index is 0.0139. The number of Topliss-reactive ketones (excluding diaryl/α,β-unsaturated/α-hetero) is 1. The van der Waals surface area contributed by atoms with Crippen LogP contribution in [0.2, 0.25) is 0 Å². The summed E-state index contributed by atoms with van der Waals surface area (Å²) in [5.41, 5.74) is 1.21. The van der Waals surface area contributed by atoms with E-state index in [-0.39, 0.29) is 17.9 Å². The number of aromatic nitrogens is 3. The van der Waals surface area contributed by atoms with Crippen molar-refractivity contribution in [3.05, 3.63) is 42.0 Å². The van der Waals surface area contributed by atoms with Crippen LogP contribution in [-0.4, -0.2) is 27.0 Å². The molecule has 0 spiro atoms. The number of urea groups is 1. The lowest BCUT2D eigenvalue weighted by atomic mass is 10.1. The molecule has 0 aliphatic heterocycles. The van der Waals surface area contributed by atoms with Gasteiger partial charge < -0.3 is 10.6 Å². The Hall–Kier alpha value is -2.70. The molecule has 1 aromatic heterocycles. The quantitative estimate of drug-likeness (QED) is 0.740. The predicted octanol–water partition coefficient (Wildman–Crippen LogP) is 1.89. The molecule has 0 aliphatic carbocycles. The number of aromatic amines is 1. The topological polar surface area (TPSA) is 99.8 Å². The van der Waals surface area contributed by atoms with Gasteiger partial charge in [0.15, 0.2) is 5.78 Å². The van der Waals surface area contributed by atoms with E-state index in [0.29, 0.717) is 17.1 Å². The summed E-state index contributed by atoms with van der Waals surface area (Å²) in [6.45, 7) is 3.28. The van der Waals surface area contributed by atoms with Crippen molar-refractivity contribution in [3.8, 4) is 0 Å². The molecule has 1 atom stereocenters. The van der Waals surface area contributed by atoms with Crippen molar-refractivity contribution in [1.29, 1.82) is 0 Å². The molecule has 2 amide bonds. The molecule has 20 heavy (non-hydrogen) atoms. The molecule has 1 unspecified atom stereocenters. The number of nitrogens with zero attached hydrogens (tertiary/aromatic N) is 2. The fraction of sp³-hybridized carbons (Fsp3) is 0.231. The zero-order valence-electron chi connectivity index (χ0n) is 11.2. The molecule has 3 N–H and O–H groups in total. The number of amides is 2. The molecule has 2 aromatic rings. The molecule has 0 fully saturated rings. The van der Waals surface area contributed by atoms with Gasteiger partial charge in [0.25, 0.3) is 0 Å². The van der Waals surface area contributed by atoms with Crippen molar-refractivity contribution >= 4 is 17.5 Å². The summed E-state index contributed by atoms with van der Waals surface area (Å²) in [7, 11) is 0. The zero-order chi connectivity index (χ0) is 14.5. The third kappa shape index (κ3) is 3.41. The van der Waals surface area contributed by atoms with Crippen LogP contribution in [0.25, 0.3) is 0 Å². The summed E-state index contributed by atoms with van der Waals surface area (Å²) in [4.78, 5) is 26.9. The molecule has 0 saturated heterocycles. The van der Waals surface area contributed by atoms with Gasteiger partial charge in [0.2, 0.25) is 0 Å². The molecule has 0 saturated carbocycles. The van der Waals surface area contributed by atoms with Crippen LogP contribution in [0.1, 0.15) is 36.1 Å². The second-order valence-electron chi connectivity index (χ2n) is 4.32. The lowest BCUT2D eigenvalue weighted by Gasteiger charge is -2.12. The highest BCUT2D eigenvalue weighted by molar-refractivity contribution is 5.95. The molecule has 7 nitrogen and oxygen atoms in total. The van der Waals surface area contributed by atoms with Gasteiger partial charge in [-0.3, -0.25) is 9.89 Å². The van der Waals surface area contributed by atoms with Gasteiger partial charge in [0.05, 0.1) is 6.04 Å². The average molecular weight is 273 g/mol. The van der Waals surface area contributed by atoms with Crippen LogP contribution in [0.3, 0.4) is 0 Å². The minimum Gasteiger partial charge on any atom is -0.328 e. The molecule has 1 heterocycles. The van der Waals surface area contributed by atoms with Crippen LogP contribution in [0.4, 0.5) is 10.5 Å². The molecule has 0 aliphatic rings. The van der Waals surface area contributed by atoms with Gasteiger partial charge in [0.1, 0.15) is 12.2 Å². The van der Waals surface area contributed by atoms with Crippen molar-refractivity contribution in [1.82, 2.24) is 20.5 Å². The summed E-state index contributed by atoms with van der Waals surface area (Å²) in [5, 5.41) is 11.8. The Morgan fingerprint density at radius 2 is 1.95 bits per heavy atom. The van der Waals surface area contributed by atoms with E-state index in [1.165, 1.54) is 13.3 Å². The van der Waals surface area contributed by atoms with Gasteiger partial charge in [-0.05, 0) is 38.1 Å². The Morgan fingerprint density at radius 1 is 1.25 bits per heavy atom. The Labute approximate surface area is 115 Å². The summed E-state index contributed by atoms with van der Waals surface area (Å²) in [6.07, 6.45) is 1.38. The summed E-state index contributed by atoms with van der Waals surface area (Å²) < 4.78 is 0. The lowest BCUT2D eigenvalue weighted by molar-refractivity contribution is 0.101. The highest BCUT2D eigenvalue weighted by Gasteiger charge is 2.11. The molecular formula is C13H15N5O2. The largest absolute Gasteiger partial charge is 0.328 e. The molecule has 2 rings (SSSR count).